The van der Waals surface area contributed by atoms with Crippen LogP contribution in [0.4, 0.5) is 11.4 Å². The highest BCUT2D eigenvalue weighted by atomic mass is 35.5. The molecule has 1 aromatic rings. The Balaban J connectivity index is 1.61. The molecule has 150 valence electrons. The number of nitrogens with one attached hydrogen (secondary N) is 2. The molecule has 0 spiro atoms. The second-order valence-electron chi connectivity index (χ2n) is 6.92. The first kappa shape index (κ1) is 20.3. The summed E-state index contributed by atoms with van der Waals surface area (Å²) in [5.74, 6) is -0.261. The lowest BCUT2D eigenvalue weighted by molar-refractivity contribution is -0.117. The fourth-order valence-electron chi connectivity index (χ4n) is 3.32. The van der Waals surface area contributed by atoms with Crippen LogP contribution < -0.4 is 15.5 Å². The molecule has 3 rings (SSSR count). The fraction of sp³-hybridized carbons (Fsp3) is 0.588. The lowest BCUT2D eigenvalue weighted by Crippen LogP contribution is -2.45. The van der Waals surface area contributed by atoms with Crippen LogP contribution >= 0.6 is 11.6 Å². The van der Waals surface area contributed by atoms with E-state index in [0.717, 1.165) is 5.69 Å². The molecular formula is C17H25ClN4O4S. The maximum atomic E-state index is 12.7. The minimum absolute atomic E-state index is 0.245. The quantitative estimate of drug-likeness (QED) is 0.735. The summed E-state index contributed by atoms with van der Waals surface area (Å²) in [7, 11) is 0.333. The highest BCUT2D eigenvalue weighted by Gasteiger charge is 2.40. The summed E-state index contributed by atoms with van der Waals surface area (Å²) in [5, 5.41) is 5.76. The normalized spacial score (nSPS) is 24.0. The molecule has 0 aliphatic carbocycles. The van der Waals surface area contributed by atoms with E-state index in [4.69, 9.17) is 16.3 Å². The first-order valence-electron chi connectivity index (χ1n) is 8.87. The standard InChI is InChI=1S/C17H25ClN4O4S/c1-21(2)16-4-3-12(9-14(16)18)20-17(23)15-10-13(11-19-15)27(24,25)22-5-7-26-8-6-22/h3-4,9,13,15,19H,5-8,10-11H2,1-2H3,(H,20,23). The van der Waals surface area contributed by atoms with Gasteiger partial charge in [0.05, 0.1) is 35.2 Å². The zero-order chi connectivity index (χ0) is 19.6. The number of nitrogens with zero attached hydrogens (tertiary/aromatic N) is 2. The van der Waals surface area contributed by atoms with E-state index in [1.54, 1.807) is 12.1 Å². The second kappa shape index (κ2) is 8.32. The number of benzene rings is 1. The van der Waals surface area contributed by atoms with Crippen molar-refractivity contribution < 1.29 is 17.9 Å². The lowest BCUT2D eigenvalue weighted by atomic mass is 10.2. The number of rotatable bonds is 5. The van der Waals surface area contributed by atoms with E-state index in [9.17, 15) is 13.2 Å². The van der Waals surface area contributed by atoms with E-state index in [0.29, 0.717) is 37.0 Å². The van der Waals surface area contributed by atoms with E-state index < -0.39 is 21.3 Å². The Morgan fingerprint density at radius 2 is 2.04 bits per heavy atom. The summed E-state index contributed by atoms with van der Waals surface area (Å²) < 4.78 is 32.2. The third-order valence-electron chi connectivity index (χ3n) is 4.86. The van der Waals surface area contributed by atoms with Crippen molar-refractivity contribution in [1.82, 2.24) is 9.62 Å². The third-order valence-corrected chi connectivity index (χ3v) is 7.44. The van der Waals surface area contributed by atoms with Crippen molar-refractivity contribution in [2.45, 2.75) is 17.7 Å². The smallest absolute Gasteiger partial charge is 0.241 e. The minimum Gasteiger partial charge on any atom is -0.379 e. The molecule has 2 N–H and O–H groups in total. The summed E-state index contributed by atoms with van der Waals surface area (Å²) in [5.41, 5.74) is 1.43. The SMILES string of the molecule is CN(C)c1ccc(NC(=O)C2CC(S(=O)(=O)N3CCOCC3)CN2)cc1Cl. The minimum atomic E-state index is -3.44. The van der Waals surface area contributed by atoms with E-state index in [2.05, 4.69) is 10.6 Å². The van der Waals surface area contributed by atoms with Gasteiger partial charge in [-0.15, -0.1) is 0 Å². The number of carbonyl (C=O) groups excluding carboxylic acids is 1. The number of morpholine rings is 1. The van der Waals surface area contributed by atoms with Gasteiger partial charge in [0, 0.05) is 39.4 Å². The molecule has 0 aromatic heterocycles. The monoisotopic (exact) mass is 416 g/mol. The lowest BCUT2D eigenvalue weighted by Gasteiger charge is -2.28. The third kappa shape index (κ3) is 4.55. The maximum Gasteiger partial charge on any atom is 0.241 e. The molecule has 0 radical (unpaired) electrons. The topological polar surface area (TPSA) is 91.0 Å². The van der Waals surface area contributed by atoms with E-state index in [1.807, 2.05) is 25.1 Å². The molecule has 2 unspecified atom stereocenters. The van der Waals surface area contributed by atoms with E-state index in [-0.39, 0.29) is 18.9 Å². The molecule has 0 saturated carbocycles. The van der Waals surface area contributed by atoms with Crippen molar-refractivity contribution in [3.05, 3.63) is 23.2 Å². The number of amides is 1. The van der Waals surface area contributed by atoms with Crippen LogP contribution in [-0.4, -0.2) is 76.9 Å². The van der Waals surface area contributed by atoms with Gasteiger partial charge in [-0.3, -0.25) is 4.79 Å². The van der Waals surface area contributed by atoms with Gasteiger partial charge in [0.25, 0.3) is 0 Å². The van der Waals surface area contributed by atoms with Gasteiger partial charge >= 0.3 is 0 Å². The number of ether oxygens (including phenoxy) is 1. The van der Waals surface area contributed by atoms with Crippen LogP contribution in [0.1, 0.15) is 6.42 Å². The molecule has 1 aromatic carbocycles. The molecule has 2 heterocycles. The summed E-state index contributed by atoms with van der Waals surface area (Å²) in [6.07, 6.45) is 0.245. The van der Waals surface area contributed by atoms with Gasteiger partial charge < -0.3 is 20.3 Å². The van der Waals surface area contributed by atoms with Crippen LogP contribution in [0.25, 0.3) is 0 Å². The van der Waals surface area contributed by atoms with Crippen molar-refractivity contribution in [2.24, 2.45) is 0 Å². The van der Waals surface area contributed by atoms with Crippen molar-refractivity contribution in [3.8, 4) is 0 Å². The van der Waals surface area contributed by atoms with Gasteiger partial charge in [0.15, 0.2) is 0 Å². The molecule has 2 atom stereocenters. The molecule has 10 heteroatoms. The second-order valence-corrected chi connectivity index (χ2v) is 9.54. The largest absolute Gasteiger partial charge is 0.379 e. The number of halogens is 1. The molecule has 2 saturated heterocycles. The number of sulfonamides is 1. The summed E-state index contributed by atoms with van der Waals surface area (Å²) in [6, 6.07) is 4.73. The average Bonchev–Trinajstić information content (AvgIpc) is 3.13. The van der Waals surface area contributed by atoms with Crippen molar-refractivity contribution in [1.29, 1.82) is 0 Å². The Hall–Kier alpha value is -1.39. The highest BCUT2D eigenvalue weighted by Crippen LogP contribution is 2.28. The summed E-state index contributed by atoms with van der Waals surface area (Å²) in [6.45, 7) is 1.82. The van der Waals surface area contributed by atoms with Crippen LogP contribution in [0.15, 0.2) is 18.2 Å². The van der Waals surface area contributed by atoms with E-state index >= 15 is 0 Å². The maximum absolute atomic E-state index is 12.7. The molecule has 2 aliphatic heterocycles. The van der Waals surface area contributed by atoms with Gasteiger partial charge in [-0.05, 0) is 24.6 Å². The fourth-order valence-corrected chi connectivity index (χ4v) is 5.49. The van der Waals surface area contributed by atoms with Crippen molar-refractivity contribution >= 4 is 38.9 Å². The Labute approximate surface area is 164 Å². The first-order chi connectivity index (χ1) is 12.8. The molecule has 2 aliphatic rings. The number of carbonyl (C=O) groups is 1. The van der Waals surface area contributed by atoms with Crippen LogP contribution in [0.2, 0.25) is 5.02 Å². The first-order valence-corrected chi connectivity index (χ1v) is 10.7. The van der Waals surface area contributed by atoms with Crippen molar-refractivity contribution in [2.75, 3.05) is 57.2 Å². The molecule has 8 nitrogen and oxygen atoms in total. The highest BCUT2D eigenvalue weighted by molar-refractivity contribution is 7.89. The Bertz CT molecular complexity index is 796. The van der Waals surface area contributed by atoms with Crippen LogP contribution in [0.3, 0.4) is 0 Å². The van der Waals surface area contributed by atoms with Gasteiger partial charge in [0.1, 0.15) is 0 Å². The summed E-state index contributed by atoms with van der Waals surface area (Å²) >= 11 is 6.23. The van der Waals surface area contributed by atoms with Crippen molar-refractivity contribution in [3.63, 3.8) is 0 Å². The molecule has 1 amide bonds. The molecule has 2 fully saturated rings. The molecule has 0 bridgehead atoms. The number of hydrogen-bond donors (Lipinski definition) is 2. The summed E-state index contributed by atoms with van der Waals surface area (Å²) in [4.78, 5) is 14.4. The zero-order valence-electron chi connectivity index (χ0n) is 15.4. The van der Waals surface area contributed by atoms with Crippen LogP contribution in [0, 0.1) is 0 Å². The van der Waals surface area contributed by atoms with Crippen LogP contribution in [0.5, 0.6) is 0 Å². The Morgan fingerprint density at radius 3 is 2.67 bits per heavy atom. The van der Waals surface area contributed by atoms with Gasteiger partial charge in [-0.25, -0.2) is 8.42 Å². The molecule has 27 heavy (non-hydrogen) atoms. The van der Waals surface area contributed by atoms with Gasteiger partial charge in [0.2, 0.25) is 15.9 Å². The average molecular weight is 417 g/mol. The van der Waals surface area contributed by atoms with E-state index in [1.165, 1.54) is 4.31 Å². The molecular weight excluding hydrogens is 392 g/mol. The number of anilines is 2. The van der Waals surface area contributed by atoms with Gasteiger partial charge in [-0.2, -0.15) is 4.31 Å². The van der Waals surface area contributed by atoms with Crippen LogP contribution in [-0.2, 0) is 19.6 Å². The van der Waals surface area contributed by atoms with Gasteiger partial charge in [-0.1, -0.05) is 11.6 Å². The predicted octanol–water partition coefficient (Wildman–Crippen LogP) is 0.737. The Morgan fingerprint density at radius 1 is 1.33 bits per heavy atom. The zero-order valence-corrected chi connectivity index (χ0v) is 17.0. The Kier molecular flexibility index (Phi) is 6.27. The predicted molar refractivity (Wildman–Crippen MR) is 106 cm³/mol. The number of hydrogen-bond acceptors (Lipinski definition) is 6.